The summed E-state index contributed by atoms with van der Waals surface area (Å²) in [6.07, 6.45) is 50.1. The van der Waals surface area contributed by atoms with Gasteiger partial charge in [-0.3, -0.25) is 4.79 Å². The standard InChI is InChI=1S/C60H113NO10/c1-3-5-7-9-11-13-14-15-16-17-18-19-20-21-22-23-24-25-26-27-28-29-30-31-32-33-34-35-36-37-38-39-40-42-44-46-48-53(64)59(69)61-51(50-70-60-58(68)57(67)56(66)54(49-62)71-60)55(65)52(63)47-45-43-41-12-10-8-6-4-2/h4,6,12,25-26,41,51-58,60,62-68H,3,5,7-11,13-24,27-40,42-50H2,1-2H3,(H,61,69)/b6-4+,26-25-,41-12+. The molecule has 0 bridgehead atoms. The Kier molecular flexibility index (Phi) is 46.7. The van der Waals surface area contributed by atoms with Crippen LogP contribution in [-0.2, 0) is 14.3 Å². The molecule has 0 aromatic heterocycles. The van der Waals surface area contributed by atoms with Crippen molar-refractivity contribution in [3.8, 4) is 0 Å². The number of hydrogen-bond donors (Lipinski definition) is 8. The first-order valence-corrected chi connectivity index (χ1v) is 29.9. The highest BCUT2D eigenvalue weighted by Gasteiger charge is 2.44. The number of aliphatic hydroxyl groups excluding tert-OH is 7. The van der Waals surface area contributed by atoms with E-state index >= 15 is 0 Å². The number of hydrogen-bond acceptors (Lipinski definition) is 10. The minimum absolute atomic E-state index is 0.244. The van der Waals surface area contributed by atoms with E-state index in [1.165, 1.54) is 193 Å². The summed E-state index contributed by atoms with van der Waals surface area (Å²) in [6.45, 7) is 3.19. The molecule has 1 amide bonds. The van der Waals surface area contributed by atoms with Gasteiger partial charge in [0, 0.05) is 0 Å². The zero-order valence-corrected chi connectivity index (χ0v) is 45.7. The number of rotatable bonds is 51. The van der Waals surface area contributed by atoms with Crippen molar-refractivity contribution in [2.75, 3.05) is 13.2 Å². The third kappa shape index (κ3) is 37.7. The molecule has 1 aliphatic rings. The summed E-state index contributed by atoms with van der Waals surface area (Å²) in [5.74, 6) is -0.711. The summed E-state index contributed by atoms with van der Waals surface area (Å²) in [5.41, 5.74) is 0. The van der Waals surface area contributed by atoms with Gasteiger partial charge < -0.3 is 50.5 Å². The lowest BCUT2D eigenvalue weighted by atomic mass is 9.98. The molecular formula is C60H113NO10. The second kappa shape index (κ2) is 49.2. The highest BCUT2D eigenvalue weighted by atomic mass is 16.7. The lowest BCUT2D eigenvalue weighted by molar-refractivity contribution is -0.303. The van der Waals surface area contributed by atoms with Crippen molar-refractivity contribution in [1.82, 2.24) is 5.32 Å². The Morgan fingerprint density at radius 3 is 1.34 bits per heavy atom. The Morgan fingerprint density at radius 1 is 0.507 bits per heavy atom. The lowest BCUT2D eigenvalue weighted by Gasteiger charge is -2.40. The number of nitrogens with one attached hydrogen (secondary N) is 1. The van der Waals surface area contributed by atoms with Crippen molar-refractivity contribution in [2.24, 2.45) is 0 Å². The van der Waals surface area contributed by atoms with E-state index in [2.05, 4.69) is 36.5 Å². The van der Waals surface area contributed by atoms with E-state index in [0.29, 0.717) is 19.3 Å². The summed E-state index contributed by atoms with van der Waals surface area (Å²) in [4.78, 5) is 13.1. The van der Waals surface area contributed by atoms with Crippen LogP contribution >= 0.6 is 0 Å². The second-order valence-electron chi connectivity index (χ2n) is 21.1. The molecular weight excluding hydrogens is 895 g/mol. The van der Waals surface area contributed by atoms with Crippen LogP contribution in [0.25, 0.3) is 0 Å². The van der Waals surface area contributed by atoms with Gasteiger partial charge in [0.25, 0.3) is 0 Å². The Balaban J connectivity index is 2.08. The number of ether oxygens (including phenoxy) is 2. The van der Waals surface area contributed by atoms with E-state index in [1.54, 1.807) is 0 Å². The molecule has 0 saturated carbocycles. The molecule has 1 heterocycles. The first kappa shape index (κ1) is 67.3. The lowest BCUT2D eigenvalue weighted by Crippen LogP contribution is -2.60. The van der Waals surface area contributed by atoms with Crippen LogP contribution in [0.15, 0.2) is 36.5 Å². The minimum atomic E-state index is -1.67. The normalized spacial score (nSPS) is 20.4. The van der Waals surface area contributed by atoms with Gasteiger partial charge in [0.15, 0.2) is 6.29 Å². The summed E-state index contributed by atoms with van der Waals surface area (Å²) >= 11 is 0. The molecule has 8 N–H and O–H groups in total. The SMILES string of the molecule is C/C=C/CC/C=C/CCCC(O)C(O)C(COC1OC(CO)C(O)C(O)C1O)NC(=O)C(O)CCCCCCCCCCCCCCCCCC/C=C\CCCCCCCCCCCCCCCCCC. The fourth-order valence-corrected chi connectivity index (χ4v) is 9.64. The maximum Gasteiger partial charge on any atom is 0.249 e. The van der Waals surface area contributed by atoms with Crippen molar-refractivity contribution in [3.05, 3.63) is 36.5 Å². The molecule has 0 aromatic carbocycles. The molecule has 71 heavy (non-hydrogen) atoms. The van der Waals surface area contributed by atoms with Crippen LogP contribution in [0.3, 0.4) is 0 Å². The zero-order valence-electron chi connectivity index (χ0n) is 45.7. The summed E-state index contributed by atoms with van der Waals surface area (Å²) < 4.78 is 11.1. The smallest absolute Gasteiger partial charge is 0.249 e. The van der Waals surface area contributed by atoms with Crippen LogP contribution in [0.2, 0.25) is 0 Å². The quantitative estimate of drug-likeness (QED) is 0.0215. The molecule has 1 fully saturated rings. The maximum absolute atomic E-state index is 13.1. The van der Waals surface area contributed by atoms with E-state index in [0.717, 1.165) is 32.1 Å². The van der Waals surface area contributed by atoms with Gasteiger partial charge in [-0.05, 0) is 71.1 Å². The number of amides is 1. The van der Waals surface area contributed by atoms with Gasteiger partial charge in [0.1, 0.15) is 36.6 Å². The average Bonchev–Trinajstić information content (AvgIpc) is 3.37. The molecule has 418 valence electrons. The predicted molar refractivity (Wildman–Crippen MR) is 293 cm³/mol. The van der Waals surface area contributed by atoms with Crippen molar-refractivity contribution >= 4 is 5.91 Å². The third-order valence-electron chi connectivity index (χ3n) is 14.5. The predicted octanol–water partition coefficient (Wildman–Crippen LogP) is 12.7. The van der Waals surface area contributed by atoms with Gasteiger partial charge in [-0.15, -0.1) is 0 Å². The monoisotopic (exact) mass is 1010 g/mol. The van der Waals surface area contributed by atoms with Gasteiger partial charge in [-0.1, -0.05) is 236 Å². The molecule has 1 aliphatic heterocycles. The van der Waals surface area contributed by atoms with Gasteiger partial charge in [0.05, 0.1) is 25.4 Å². The van der Waals surface area contributed by atoms with Crippen molar-refractivity contribution in [1.29, 1.82) is 0 Å². The first-order valence-electron chi connectivity index (χ1n) is 29.9. The van der Waals surface area contributed by atoms with E-state index < -0.39 is 74.2 Å². The molecule has 11 heteroatoms. The Morgan fingerprint density at radius 2 is 0.901 bits per heavy atom. The molecule has 0 aromatic rings. The fourth-order valence-electron chi connectivity index (χ4n) is 9.64. The molecule has 9 unspecified atom stereocenters. The van der Waals surface area contributed by atoms with E-state index in [-0.39, 0.29) is 12.8 Å². The van der Waals surface area contributed by atoms with Crippen molar-refractivity contribution in [2.45, 2.75) is 326 Å². The Labute approximate surface area is 435 Å². The topological polar surface area (TPSA) is 189 Å². The van der Waals surface area contributed by atoms with Gasteiger partial charge in [-0.25, -0.2) is 0 Å². The molecule has 11 nitrogen and oxygen atoms in total. The van der Waals surface area contributed by atoms with Gasteiger partial charge >= 0.3 is 0 Å². The van der Waals surface area contributed by atoms with E-state index in [4.69, 9.17) is 9.47 Å². The van der Waals surface area contributed by atoms with Crippen molar-refractivity contribution in [3.63, 3.8) is 0 Å². The minimum Gasteiger partial charge on any atom is -0.394 e. The highest BCUT2D eigenvalue weighted by molar-refractivity contribution is 5.80. The number of unbranched alkanes of at least 4 members (excludes halogenated alkanes) is 34. The number of carbonyl (C=O) groups excluding carboxylic acids is 1. The number of carbonyl (C=O) groups is 1. The Hall–Kier alpha value is -1.67. The van der Waals surface area contributed by atoms with Crippen LogP contribution in [0, 0.1) is 0 Å². The molecule has 9 atom stereocenters. The van der Waals surface area contributed by atoms with Crippen LogP contribution in [0.1, 0.15) is 271 Å². The van der Waals surface area contributed by atoms with Gasteiger partial charge in [0.2, 0.25) is 5.91 Å². The maximum atomic E-state index is 13.1. The van der Waals surface area contributed by atoms with Crippen LogP contribution in [0.5, 0.6) is 0 Å². The van der Waals surface area contributed by atoms with E-state index in [1.807, 2.05) is 19.1 Å². The van der Waals surface area contributed by atoms with Gasteiger partial charge in [-0.2, -0.15) is 0 Å². The van der Waals surface area contributed by atoms with Crippen molar-refractivity contribution < 1.29 is 50.0 Å². The fraction of sp³-hybridized carbons (Fsp3) is 0.883. The number of aliphatic hydroxyl groups is 7. The zero-order chi connectivity index (χ0) is 51.8. The summed E-state index contributed by atoms with van der Waals surface area (Å²) in [5, 5.41) is 75.6. The first-order chi connectivity index (χ1) is 34.7. The Bertz CT molecular complexity index is 1250. The molecule has 0 spiro atoms. The molecule has 1 rings (SSSR count). The van der Waals surface area contributed by atoms with Crippen LogP contribution in [-0.4, -0.2) is 110 Å². The van der Waals surface area contributed by atoms with Crippen LogP contribution < -0.4 is 5.32 Å². The molecule has 0 aliphatic carbocycles. The second-order valence-corrected chi connectivity index (χ2v) is 21.1. The van der Waals surface area contributed by atoms with E-state index in [9.17, 15) is 40.5 Å². The molecule has 0 radical (unpaired) electrons. The third-order valence-corrected chi connectivity index (χ3v) is 14.5. The highest BCUT2D eigenvalue weighted by Crippen LogP contribution is 2.23. The summed E-state index contributed by atoms with van der Waals surface area (Å²) in [6, 6.07) is -1.19. The number of allylic oxidation sites excluding steroid dienone is 6. The summed E-state index contributed by atoms with van der Waals surface area (Å²) in [7, 11) is 0. The largest absolute Gasteiger partial charge is 0.394 e. The average molecular weight is 1010 g/mol. The molecule has 1 saturated heterocycles. The van der Waals surface area contributed by atoms with Crippen LogP contribution in [0.4, 0.5) is 0 Å².